The number of benzene rings is 1. The van der Waals surface area contributed by atoms with Crippen molar-refractivity contribution in [1.82, 2.24) is 0 Å². The smallest absolute Gasteiger partial charge is 0.312 e. The van der Waals surface area contributed by atoms with Crippen molar-refractivity contribution in [1.29, 1.82) is 0 Å². The highest BCUT2D eigenvalue weighted by Gasteiger charge is 2.28. The molecule has 1 saturated carbocycles. The van der Waals surface area contributed by atoms with Gasteiger partial charge in [-0.3, -0.25) is 14.9 Å². The summed E-state index contributed by atoms with van der Waals surface area (Å²) in [5.74, 6) is -0.0977. The fourth-order valence-corrected chi connectivity index (χ4v) is 2.41. The minimum atomic E-state index is -0.542. The van der Waals surface area contributed by atoms with Crippen molar-refractivity contribution in [2.45, 2.75) is 25.3 Å². The average molecular weight is 316 g/mol. The van der Waals surface area contributed by atoms with Crippen LogP contribution < -0.4 is 15.8 Å². The van der Waals surface area contributed by atoms with E-state index in [9.17, 15) is 14.9 Å². The molecule has 0 aromatic heterocycles. The number of nitro groups is 1. The molecule has 0 heterocycles. The van der Waals surface area contributed by atoms with E-state index in [0.29, 0.717) is 12.1 Å². The first-order valence-electron chi connectivity index (χ1n) is 6.40. The van der Waals surface area contributed by atoms with E-state index in [1.54, 1.807) is 6.07 Å². The number of hydrogen-bond acceptors (Lipinski definition) is 5. The molecule has 3 N–H and O–H groups in total. The maximum Gasteiger partial charge on any atom is 0.312 e. The molecule has 1 aliphatic carbocycles. The van der Waals surface area contributed by atoms with Crippen LogP contribution in [0.3, 0.4) is 0 Å². The van der Waals surface area contributed by atoms with Crippen LogP contribution in [0.25, 0.3) is 0 Å². The van der Waals surface area contributed by atoms with Crippen LogP contribution >= 0.6 is 12.4 Å². The molecule has 0 saturated heterocycles. The fourth-order valence-electron chi connectivity index (χ4n) is 2.41. The molecule has 0 spiro atoms. The van der Waals surface area contributed by atoms with Gasteiger partial charge >= 0.3 is 5.69 Å². The van der Waals surface area contributed by atoms with E-state index in [1.165, 1.54) is 19.2 Å². The van der Waals surface area contributed by atoms with E-state index in [-0.39, 0.29) is 41.7 Å². The number of nitro benzene ring substituents is 1. The summed E-state index contributed by atoms with van der Waals surface area (Å²) in [5, 5.41) is 13.6. The Hall–Kier alpha value is -1.86. The molecule has 1 aromatic rings. The largest absolute Gasteiger partial charge is 0.490 e. The van der Waals surface area contributed by atoms with Crippen LogP contribution in [-0.4, -0.2) is 24.0 Å². The first kappa shape index (κ1) is 17.2. The standard InChI is InChI=1S/C13H17N3O4.ClH/c1-20-12-5-4-10(7-11(12)16(18)19)15-13(17)8-2-3-9(14)6-8;/h4-5,7-9H,2-3,6,14H2,1H3,(H,15,17);1H. The van der Waals surface area contributed by atoms with Crippen LogP contribution in [0.15, 0.2) is 18.2 Å². The van der Waals surface area contributed by atoms with E-state index >= 15 is 0 Å². The lowest BCUT2D eigenvalue weighted by molar-refractivity contribution is -0.385. The number of ether oxygens (including phenoxy) is 1. The molecule has 2 rings (SSSR count). The molecular weight excluding hydrogens is 298 g/mol. The zero-order valence-electron chi connectivity index (χ0n) is 11.6. The van der Waals surface area contributed by atoms with Gasteiger partial charge in [-0.05, 0) is 31.4 Å². The molecule has 2 unspecified atom stereocenters. The van der Waals surface area contributed by atoms with Crippen molar-refractivity contribution in [3.63, 3.8) is 0 Å². The van der Waals surface area contributed by atoms with Crippen molar-refractivity contribution in [3.05, 3.63) is 28.3 Å². The SMILES string of the molecule is COc1ccc(NC(=O)C2CCC(N)C2)cc1[N+](=O)[O-].Cl. The van der Waals surface area contributed by atoms with Crippen molar-refractivity contribution in [3.8, 4) is 5.75 Å². The molecule has 1 fully saturated rings. The Morgan fingerprint density at radius 3 is 2.71 bits per heavy atom. The number of nitrogens with zero attached hydrogens (tertiary/aromatic N) is 1. The molecule has 0 radical (unpaired) electrons. The highest BCUT2D eigenvalue weighted by molar-refractivity contribution is 5.93. The molecule has 1 amide bonds. The van der Waals surface area contributed by atoms with E-state index < -0.39 is 4.92 Å². The van der Waals surface area contributed by atoms with Gasteiger partial charge < -0.3 is 15.8 Å². The van der Waals surface area contributed by atoms with Crippen molar-refractivity contribution >= 4 is 29.7 Å². The average Bonchev–Trinajstić information content (AvgIpc) is 2.85. The molecule has 1 aromatic carbocycles. The van der Waals surface area contributed by atoms with Crippen molar-refractivity contribution in [2.24, 2.45) is 11.7 Å². The number of carbonyl (C=O) groups excluding carboxylic acids is 1. The Bertz CT molecular complexity index is 538. The normalized spacial score (nSPS) is 20.5. The summed E-state index contributed by atoms with van der Waals surface area (Å²) < 4.78 is 4.91. The quantitative estimate of drug-likeness (QED) is 0.653. The summed E-state index contributed by atoms with van der Waals surface area (Å²) in [6.07, 6.45) is 2.25. The Morgan fingerprint density at radius 1 is 1.48 bits per heavy atom. The maximum absolute atomic E-state index is 12.0. The van der Waals surface area contributed by atoms with Crippen molar-refractivity contribution < 1.29 is 14.5 Å². The number of nitrogens with one attached hydrogen (secondary N) is 1. The zero-order valence-corrected chi connectivity index (χ0v) is 12.4. The minimum absolute atomic E-state index is 0. The fraction of sp³-hybridized carbons (Fsp3) is 0.462. The van der Waals surface area contributed by atoms with Gasteiger partial charge in [0.1, 0.15) is 0 Å². The maximum atomic E-state index is 12.0. The number of nitrogens with two attached hydrogens (primary N) is 1. The Kier molecular flexibility index (Phi) is 5.92. The van der Waals surface area contributed by atoms with Crippen LogP contribution in [0.1, 0.15) is 19.3 Å². The number of anilines is 1. The molecule has 1 aliphatic rings. The lowest BCUT2D eigenvalue weighted by Crippen LogP contribution is -2.23. The zero-order chi connectivity index (χ0) is 14.7. The summed E-state index contributed by atoms with van der Waals surface area (Å²) >= 11 is 0. The predicted octanol–water partition coefficient (Wildman–Crippen LogP) is 2.09. The van der Waals surface area contributed by atoms with Crippen LogP contribution in [-0.2, 0) is 4.79 Å². The number of halogens is 1. The van der Waals surface area contributed by atoms with Crippen LogP contribution in [0.5, 0.6) is 5.75 Å². The second-order valence-corrected chi connectivity index (χ2v) is 4.90. The topological polar surface area (TPSA) is 107 Å². The molecule has 0 bridgehead atoms. The van der Waals surface area contributed by atoms with E-state index in [4.69, 9.17) is 10.5 Å². The molecule has 8 heteroatoms. The van der Waals surface area contributed by atoms with Gasteiger partial charge in [0.15, 0.2) is 5.75 Å². The van der Waals surface area contributed by atoms with Crippen LogP contribution in [0.4, 0.5) is 11.4 Å². The summed E-state index contributed by atoms with van der Waals surface area (Å²) in [6, 6.07) is 4.41. The van der Waals surface area contributed by atoms with E-state index in [2.05, 4.69) is 5.32 Å². The van der Waals surface area contributed by atoms with Gasteiger partial charge in [0.05, 0.1) is 12.0 Å². The lowest BCUT2D eigenvalue weighted by Gasteiger charge is -2.11. The van der Waals surface area contributed by atoms with E-state index in [0.717, 1.165) is 12.8 Å². The monoisotopic (exact) mass is 315 g/mol. The van der Waals surface area contributed by atoms with Gasteiger partial charge in [-0.25, -0.2) is 0 Å². The molecule has 0 aliphatic heterocycles. The first-order valence-corrected chi connectivity index (χ1v) is 6.40. The number of rotatable bonds is 4. The van der Waals surface area contributed by atoms with E-state index in [1.807, 2.05) is 0 Å². The molecule has 21 heavy (non-hydrogen) atoms. The summed E-state index contributed by atoms with van der Waals surface area (Å²) in [6.45, 7) is 0. The number of carbonyl (C=O) groups is 1. The Labute approximate surface area is 128 Å². The molecule has 2 atom stereocenters. The highest BCUT2D eigenvalue weighted by atomic mass is 35.5. The van der Waals surface area contributed by atoms with Crippen LogP contribution in [0.2, 0.25) is 0 Å². The second-order valence-electron chi connectivity index (χ2n) is 4.90. The third kappa shape index (κ3) is 4.05. The van der Waals surface area contributed by atoms with Gasteiger partial charge in [-0.1, -0.05) is 0 Å². The number of hydrogen-bond donors (Lipinski definition) is 2. The molecular formula is C13H18ClN3O4. The van der Waals surface area contributed by atoms with Gasteiger partial charge in [-0.15, -0.1) is 12.4 Å². The Balaban J connectivity index is 0.00000220. The minimum Gasteiger partial charge on any atom is -0.490 e. The summed E-state index contributed by atoms with van der Waals surface area (Å²) in [7, 11) is 1.36. The molecule has 116 valence electrons. The summed E-state index contributed by atoms with van der Waals surface area (Å²) in [4.78, 5) is 22.4. The third-order valence-corrected chi connectivity index (χ3v) is 3.49. The second kappa shape index (κ2) is 7.24. The number of amides is 1. The lowest BCUT2D eigenvalue weighted by atomic mass is 10.1. The van der Waals surface area contributed by atoms with Gasteiger partial charge in [0.2, 0.25) is 5.91 Å². The van der Waals surface area contributed by atoms with Gasteiger partial charge in [0.25, 0.3) is 0 Å². The third-order valence-electron chi connectivity index (χ3n) is 3.49. The van der Waals surface area contributed by atoms with Gasteiger partial charge in [-0.2, -0.15) is 0 Å². The summed E-state index contributed by atoms with van der Waals surface area (Å²) in [5.41, 5.74) is 5.99. The van der Waals surface area contributed by atoms with Gasteiger partial charge in [0, 0.05) is 23.7 Å². The predicted molar refractivity (Wildman–Crippen MR) is 80.8 cm³/mol. The van der Waals surface area contributed by atoms with Crippen molar-refractivity contribution in [2.75, 3.05) is 12.4 Å². The van der Waals surface area contributed by atoms with Crippen LogP contribution in [0, 0.1) is 16.0 Å². The first-order chi connectivity index (χ1) is 9.51. The Morgan fingerprint density at radius 2 is 2.19 bits per heavy atom. The highest BCUT2D eigenvalue weighted by Crippen LogP contribution is 2.31. The molecule has 7 nitrogen and oxygen atoms in total. The number of methoxy groups -OCH3 is 1.